The molecule has 1 aromatic heterocycles. The SMILES string of the molecule is COc1ccc2nc3c(nc2c1)=CC(=O)CC=3. The van der Waals surface area contributed by atoms with Crippen LogP contribution in [0.4, 0.5) is 0 Å². The molecule has 17 heavy (non-hydrogen) atoms. The van der Waals surface area contributed by atoms with Crippen molar-refractivity contribution in [3.63, 3.8) is 0 Å². The molecule has 0 aliphatic heterocycles. The number of carbonyl (C=O) groups excluding carboxylic acids is 1. The van der Waals surface area contributed by atoms with Gasteiger partial charge in [-0.3, -0.25) is 4.79 Å². The highest BCUT2D eigenvalue weighted by Gasteiger charge is 2.05. The summed E-state index contributed by atoms with van der Waals surface area (Å²) in [5.41, 5.74) is 1.55. The van der Waals surface area contributed by atoms with Gasteiger partial charge in [0.25, 0.3) is 0 Å². The standard InChI is InChI=1S/C13H10N2O2/c1-17-9-3-5-11-13(7-9)15-12-6-8(16)2-4-10(12)14-11/h3-7H,2H2,1H3. The third kappa shape index (κ3) is 1.67. The Labute approximate surface area is 97.3 Å². The van der Waals surface area contributed by atoms with Gasteiger partial charge in [-0.15, -0.1) is 0 Å². The van der Waals surface area contributed by atoms with Crippen molar-refractivity contribution in [3.8, 4) is 5.75 Å². The highest BCUT2D eigenvalue weighted by atomic mass is 16.5. The maximum Gasteiger partial charge on any atom is 0.161 e. The lowest BCUT2D eigenvalue weighted by Crippen LogP contribution is -2.35. The van der Waals surface area contributed by atoms with Gasteiger partial charge in [0.1, 0.15) is 5.75 Å². The summed E-state index contributed by atoms with van der Waals surface area (Å²) in [7, 11) is 1.61. The predicted molar refractivity (Wildman–Crippen MR) is 63.9 cm³/mol. The molecule has 0 saturated heterocycles. The van der Waals surface area contributed by atoms with E-state index in [-0.39, 0.29) is 5.78 Å². The minimum atomic E-state index is 0.0639. The Morgan fingerprint density at radius 3 is 2.82 bits per heavy atom. The molecular weight excluding hydrogens is 216 g/mol. The third-order valence-corrected chi connectivity index (χ3v) is 2.72. The average molecular weight is 226 g/mol. The van der Waals surface area contributed by atoms with Crippen molar-refractivity contribution in [2.75, 3.05) is 7.11 Å². The number of carbonyl (C=O) groups is 1. The zero-order valence-corrected chi connectivity index (χ0v) is 9.30. The van der Waals surface area contributed by atoms with Crippen LogP contribution in [0.5, 0.6) is 5.75 Å². The van der Waals surface area contributed by atoms with E-state index in [1.165, 1.54) is 0 Å². The number of ether oxygens (including phenoxy) is 1. The fraction of sp³-hybridized carbons (Fsp3) is 0.154. The minimum absolute atomic E-state index is 0.0639. The van der Waals surface area contributed by atoms with E-state index in [1.54, 1.807) is 13.2 Å². The Morgan fingerprint density at radius 2 is 2.00 bits per heavy atom. The number of hydrogen-bond acceptors (Lipinski definition) is 4. The molecule has 0 radical (unpaired) electrons. The second kappa shape index (κ2) is 3.66. The topological polar surface area (TPSA) is 52.1 Å². The molecule has 0 fully saturated rings. The number of nitrogens with zero attached hydrogens (tertiary/aromatic N) is 2. The van der Waals surface area contributed by atoms with Crippen LogP contribution < -0.4 is 15.4 Å². The third-order valence-electron chi connectivity index (χ3n) is 2.72. The van der Waals surface area contributed by atoms with Gasteiger partial charge >= 0.3 is 0 Å². The Morgan fingerprint density at radius 1 is 1.18 bits per heavy atom. The molecule has 1 aliphatic rings. The summed E-state index contributed by atoms with van der Waals surface area (Å²) >= 11 is 0. The number of Topliss-reactive ketones (excluding diaryl/α,β-unsaturated/α-hetero) is 1. The van der Waals surface area contributed by atoms with Gasteiger partial charge in [0.2, 0.25) is 0 Å². The minimum Gasteiger partial charge on any atom is -0.497 e. The van der Waals surface area contributed by atoms with Crippen molar-refractivity contribution in [1.82, 2.24) is 9.97 Å². The molecule has 0 spiro atoms. The lowest BCUT2D eigenvalue weighted by atomic mass is 10.1. The van der Waals surface area contributed by atoms with Crippen molar-refractivity contribution in [2.45, 2.75) is 6.42 Å². The normalized spacial score (nSPS) is 13.8. The van der Waals surface area contributed by atoms with Crippen LogP contribution >= 0.6 is 0 Å². The molecule has 3 rings (SSSR count). The number of ketones is 1. The van der Waals surface area contributed by atoms with Crippen molar-refractivity contribution in [3.05, 3.63) is 28.9 Å². The van der Waals surface area contributed by atoms with Gasteiger partial charge in [-0.1, -0.05) is 0 Å². The molecule has 0 amide bonds. The average Bonchev–Trinajstić information content (AvgIpc) is 2.35. The van der Waals surface area contributed by atoms with Crippen LogP contribution in [0, 0.1) is 0 Å². The van der Waals surface area contributed by atoms with E-state index in [4.69, 9.17) is 4.74 Å². The number of fused-ring (bicyclic) bond motifs is 2. The zero-order chi connectivity index (χ0) is 11.8. The smallest absolute Gasteiger partial charge is 0.161 e. The summed E-state index contributed by atoms with van der Waals surface area (Å²) in [6, 6.07) is 5.53. The Bertz CT molecular complexity index is 735. The summed E-state index contributed by atoms with van der Waals surface area (Å²) in [4.78, 5) is 20.2. The van der Waals surface area contributed by atoms with E-state index >= 15 is 0 Å². The van der Waals surface area contributed by atoms with E-state index in [9.17, 15) is 4.79 Å². The van der Waals surface area contributed by atoms with Gasteiger partial charge in [-0.05, 0) is 18.2 Å². The summed E-state index contributed by atoms with van der Waals surface area (Å²) in [5.74, 6) is 0.798. The summed E-state index contributed by atoms with van der Waals surface area (Å²) in [6.07, 6.45) is 3.76. The van der Waals surface area contributed by atoms with Crippen LogP contribution in [-0.4, -0.2) is 22.9 Å². The summed E-state index contributed by atoms with van der Waals surface area (Å²) in [5, 5.41) is 1.42. The molecule has 84 valence electrons. The van der Waals surface area contributed by atoms with Gasteiger partial charge in [0.15, 0.2) is 5.78 Å². The maximum atomic E-state index is 11.3. The van der Waals surface area contributed by atoms with Crippen molar-refractivity contribution >= 4 is 29.0 Å². The molecule has 0 bridgehead atoms. The van der Waals surface area contributed by atoms with Gasteiger partial charge in [0.05, 0.1) is 28.8 Å². The first kappa shape index (κ1) is 9.96. The number of hydrogen-bond donors (Lipinski definition) is 0. The zero-order valence-electron chi connectivity index (χ0n) is 9.30. The quantitative estimate of drug-likeness (QED) is 0.695. The largest absolute Gasteiger partial charge is 0.497 e. The van der Waals surface area contributed by atoms with Crippen LogP contribution in [0.15, 0.2) is 18.2 Å². The van der Waals surface area contributed by atoms with Crippen molar-refractivity contribution < 1.29 is 9.53 Å². The first-order valence-corrected chi connectivity index (χ1v) is 5.33. The number of benzene rings is 1. The first-order chi connectivity index (χ1) is 8.26. The Balaban J connectivity index is 2.37. The van der Waals surface area contributed by atoms with Gasteiger partial charge in [-0.2, -0.15) is 0 Å². The second-order valence-electron chi connectivity index (χ2n) is 3.87. The molecular formula is C13H10N2O2. The highest BCUT2D eigenvalue weighted by molar-refractivity contribution is 6.08. The molecule has 4 heteroatoms. The summed E-state index contributed by atoms with van der Waals surface area (Å²) < 4.78 is 5.13. The molecule has 1 heterocycles. The number of rotatable bonds is 1. The molecule has 0 unspecified atom stereocenters. The van der Waals surface area contributed by atoms with Crippen molar-refractivity contribution in [2.24, 2.45) is 0 Å². The molecule has 1 aliphatic carbocycles. The number of methoxy groups -OCH3 is 1. The first-order valence-electron chi connectivity index (χ1n) is 5.33. The maximum absolute atomic E-state index is 11.3. The Hall–Kier alpha value is -2.23. The Kier molecular flexibility index (Phi) is 2.14. The lowest BCUT2D eigenvalue weighted by Gasteiger charge is -2.03. The van der Waals surface area contributed by atoms with Gasteiger partial charge in [-0.25, -0.2) is 9.97 Å². The fourth-order valence-electron chi connectivity index (χ4n) is 1.85. The predicted octanol–water partition coefficient (Wildman–Crippen LogP) is 0.172. The van der Waals surface area contributed by atoms with Crippen LogP contribution in [0.25, 0.3) is 23.2 Å². The highest BCUT2D eigenvalue weighted by Crippen LogP contribution is 2.15. The molecule has 0 atom stereocenters. The van der Waals surface area contributed by atoms with E-state index < -0.39 is 0 Å². The van der Waals surface area contributed by atoms with E-state index in [2.05, 4.69) is 9.97 Å². The second-order valence-corrected chi connectivity index (χ2v) is 3.87. The van der Waals surface area contributed by atoms with Crippen LogP contribution in [0.2, 0.25) is 0 Å². The lowest BCUT2D eigenvalue weighted by molar-refractivity contribution is -0.112. The van der Waals surface area contributed by atoms with Gasteiger partial charge in [0, 0.05) is 18.6 Å². The van der Waals surface area contributed by atoms with E-state index in [0.717, 1.165) is 22.1 Å². The molecule has 2 aromatic rings. The summed E-state index contributed by atoms with van der Waals surface area (Å²) in [6.45, 7) is 0. The van der Waals surface area contributed by atoms with E-state index in [0.29, 0.717) is 11.8 Å². The monoisotopic (exact) mass is 226 g/mol. The van der Waals surface area contributed by atoms with Crippen LogP contribution in [0.3, 0.4) is 0 Å². The molecule has 4 nitrogen and oxygen atoms in total. The van der Waals surface area contributed by atoms with Crippen LogP contribution in [0.1, 0.15) is 6.42 Å². The van der Waals surface area contributed by atoms with Crippen LogP contribution in [-0.2, 0) is 4.79 Å². The number of aromatic nitrogens is 2. The van der Waals surface area contributed by atoms with Gasteiger partial charge < -0.3 is 4.74 Å². The molecule has 1 aromatic carbocycles. The fourth-order valence-corrected chi connectivity index (χ4v) is 1.85. The molecule has 0 saturated carbocycles. The van der Waals surface area contributed by atoms with Crippen molar-refractivity contribution in [1.29, 1.82) is 0 Å². The van der Waals surface area contributed by atoms with E-state index in [1.807, 2.05) is 24.3 Å². The molecule has 0 N–H and O–H groups in total.